The van der Waals surface area contributed by atoms with Gasteiger partial charge in [0.05, 0.1) is 11.5 Å². The number of H-pyrrole nitrogens is 1. The van der Waals surface area contributed by atoms with Crippen molar-refractivity contribution in [3.05, 3.63) is 18.5 Å². The summed E-state index contributed by atoms with van der Waals surface area (Å²) in [7, 11) is -3.63. The van der Waals surface area contributed by atoms with Crippen molar-refractivity contribution in [1.29, 1.82) is 0 Å². The average Bonchev–Trinajstić information content (AvgIpc) is 2.93. The van der Waals surface area contributed by atoms with Gasteiger partial charge in [-0.15, -0.1) is 0 Å². The van der Waals surface area contributed by atoms with E-state index in [1.807, 2.05) is 0 Å². The van der Waals surface area contributed by atoms with E-state index in [4.69, 9.17) is 4.74 Å². The van der Waals surface area contributed by atoms with Gasteiger partial charge in [-0.3, -0.25) is 4.79 Å². The summed E-state index contributed by atoms with van der Waals surface area (Å²) < 4.78 is 31.2. The molecule has 106 valence electrons. The number of piperidine rings is 1. The van der Waals surface area contributed by atoms with Crippen molar-refractivity contribution in [3.63, 3.8) is 0 Å². The van der Waals surface area contributed by atoms with Crippen LogP contribution in [0.3, 0.4) is 0 Å². The lowest BCUT2D eigenvalue weighted by Crippen LogP contribution is -2.48. The van der Waals surface area contributed by atoms with Crippen molar-refractivity contribution in [1.82, 2.24) is 9.29 Å². The second-order valence-corrected chi connectivity index (χ2v) is 6.32. The molecule has 1 saturated heterocycles. The van der Waals surface area contributed by atoms with Crippen molar-refractivity contribution in [3.8, 4) is 0 Å². The lowest BCUT2D eigenvalue weighted by molar-refractivity contribution is -0.148. The number of aromatic nitrogens is 1. The van der Waals surface area contributed by atoms with E-state index in [2.05, 4.69) is 4.98 Å². The van der Waals surface area contributed by atoms with Crippen LogP contribution in [0.5, 0.6) is 0 Å². The van der Waals surface area contributed by atoms with Crippen molar-refractivity contribution < 1.29 is 17.9 Å². The number of nitrogens with one attached hydrogen (secondary N) is 1. The fraction of sp³-hybridized carbons (Fsp3) is 0.583. The van der Waals surface area contributed by atoms with Crippen molar-refractivity contribution >= 4 is 16.0 Å². The van der Waals surface area contributed by atoms with Crippen LogP contribution in [-0.2, 0) is 19.6 Å². The number of sulfonamides is 1. The molecule has 0 aromatic carbocycles. The van der Waals surface area contributed by atoms with E-state index in [9.17, 15) is 13.2 Å². The number of aromatic amines is 1. The molecule has 0 spiro atoms. The van der Waals surface area contributed by atoms with Crippen LogP contribution < -0.4 is 0 Å². The SMILES string of the molecule is CCOC(=O)C1CCCCN1S(=O)(=O)c1cc[nH]c1. The van der Waals surface area contributed by atoms with Gasteiger partial charge in [-0.1, -0.05) is 0 Å². The maximum absolute atomic E-state index is 12.5. The van der Waals surface area contributed by atoms with Crippen LogP contribution in [0.4, 0.5) is 0 Å². The Balaban J connectivity index is 2.27. The molecule has 1 aliphatic heterocycles. The number of rotatable bonds is 4. The molecule has 19 heavy (non-hydrogen) atoms. The molecule has 6 nitrogen and oxygen atoms in total. The fourth-order valence-corrected chi connectivity index (χ4v) is 3.89. The average molecular weight is 286 g/mol. The highest BCUT2D eigenvalue weighted by Crippen LogP contribution is 2.25. The predicted molar refractivity (Wildman–Crippen MR) is 69.0 cm³/mol. The third-order valence-electron chi connectivity index (χ3n) is 3.19. The topological polar surface area (TPSA) is 79.5 Å². The molecule has 0 aliphatic carbocycles. The minimum atomic E-state index is -3.63. The summed E-state index contributed by atoms with van der Waals surface area (Å²) in [5.41, 5.74) is 0. The van der Waals surface area contributed by atoms with Crippen LogP contribution in [0.25, 0.3) is 0 Å². The molecular weight excluding hydrogens is 268 g/mol. The molecule has 1 aromatic rings. The standard InChI is InChI=1S/C12H18N2O4S/c1-2-18-12(15)11-5-3-4-8-14(11)19(16,17)10-6-7-13-9-10/h6-7,9,11,13H,2-5,8H2,1H3. The van der Waals surface area contributed by atoms with Crippen LogP contribution in [0.1, 0.15) is 26.2 Å². The third-order valence-corrected chi connectivity index (χ3v) is 5.09. The summed E-state index contributed by atoms with van der Waals surface area (Å²) in [5.74, 6) is -0.457. The second-order valence-electron chi connectivity index (χ2n) is 4.43. The minimum Gasteiger partial charge on any atom is -0.465 e. The molecule has 1 atom stereocenters. The number of esters is 1. The first-order valence-corrected chi connectivity index (χ1v) is 7.82. The van der Waals surface area contributed by atoms with Gasteiger partial charge >= 0.3 is 5.97 Å². The molecule has 2 heterocycles. The number of nitrogens with zero attached hydrogens (tertiary/aromatic N) is 1. The van der Waals surface area contributed by atoms with E-state index in [1.54, 1.807) is 13.1 Å². The zero-order valence-corrected chi connectivity index (χ0v) is 11.6. The van der Waals surface area contributed by atoms with E-state index >= 15 is 0 Å². The van der Waals surface area contributed by atoms with Gasteiger partial charge in [0, 0.05) is 18.9 Å². The van der Waals surface area contributed by atoms with Gasteiger partial charge < -0.3 is 9.72 Å². The maximum atomic E-state index is 12.5. The van der Waals surface area contributed by atoms with Crippen LogP contribution in [0, 0.1) is 0 Å². The van der Waals surface area contributed by atoms with Gasteiger partial charge in [-0.2, -0.15) is 4.31 Å². The van der Waals surface area contributed by atoms with E-state index in [1.165, 1.54) is 16.6 Å². The van der Waals surface area contributed by atoms with Crippen LogP contribution in [-0.4, -0.2) is 42.9 Å². The van der Waals surface area contributed by atoms with Crippen LogP contribution >= 0.6 is 0 Å². The Labute approximate surface area is 112 Å². The molecule has 1 fully saturated rings. The Kier molecular flexibility index (Phi) is 4.26. The molecule has 2 rings (SSSR count). The summed E-state index contributed by atoms with van der Waals surface area (Å²) in [4.78, 5) is 14.8. The van der Waals surface area contributed by atoms with Crippen LogP contribution in [0.15, 0.2) is 23.4 Å². The smallest absolute Gasteiger partial charge is 0.324 e. The summed E-state index contributed by atoms with van der Waals surface area (Å²) in [5, 5.41) is 0. The van der Waals surface area contributed by atoms with Crippen molar-refractivity contribution in [2.75, 3.05) is 13.2 Å². The molecule has 0 bridgehead atoms. The van der Waals surface area contributed by atoms with Gasteiger partial charge in [-0.25, -0.2) is 8.42 Å². The van der Waals surface area contributed by atoms with Gasteiger partial charge in [-0.05, 0) is 32.3 Å². The van der Waals surface area contributed by atoms with E-state index < -0.39 is 22.0 Å². The largest absolute Gasteiger partial charge is 0.465 e. The Morgan fingerprint density at radius 3 is 2.95 bits per heavy atom. The Hall–Kier alpha value is -1.34. The summed E-state index contributed by atoms with van der Waals surface area (Å²) in [6.45, 7) is 2.33. The lowest BCUT2D eigenvalue weighted by atomic mass is 10.1. The summed E-state index contributed by atoms with van der Waals surface area (Å²) in [6.07, 6.45) is 5.09. The highest BCUT2D eigenvalue weighted by molar-refractivity contribution is 7.89. The molecule has 1 aliphatic rings. The predicted octanol–water partition coefficient (Wildman–Crippen LogP) is 1.12. The van der Waals surface area contributed by atoms with E-state index in [0.717, 1.165) is 12.8 Å². The van der Waals surface area contributed by atoms with Crippen molar-refractivity contribution in [2.24, 2.45) is 0 Å². The number of hydrogen-bond donors (Lipinski definition) is 1. The summed E-state index contributed by atoms with van der Waals surface area (Å²) >= 11 is 0. The highest BCUT2D eigenvalue weighted by atomic mass is 32.2. The van der Waals surface area contributed by atoms with Gasteiger partial charge in [0.15, 0.2) is 0 Å². The minimum absolute atomic E-state index is 0.184. The molecule has 1 N–H and O–H groups in total. The lowest BCUT2D eigenvalue weighted by Gasteiger charge is -2.32. The molecule has 7 heteroatoms. The Morgan fingerprint density at radius 2 is 2.32 bits per heavy atom. The molecule has 0 saturated carbocycles. The molecule has 1 unspecified atom stereocenters. The number of carbonyl (C=O) groups is 1. The van der Waals surface area contributed by atoms with E-state index in [-0.39, 0.29) is 11.5 Å². The molecular formula is C12H18N2O4S. The monoisotopic (exact) mass is 286 g/mol. The maximum Gasteiger partial charge on any atom is 0.324 e. The second kappa shape index (κ2) is 5.75. The molecule has 1 aromatic heterocycles. The third kappa shape index (κ3) is 2.82. The zero-order valence-electron chi connectivity index (χ0n) is 10.8. The first-order chi connectivity index (χ1) is 9.07. The zero-order chi connectivity index (χ0) is 13.9. The number of ether oxygens (including phenoxy) is 1. The molecule has 0 amide bonds. The van der Waals surface area contributed by atoms with Gasteiger partial charge in [0.2, 0.25) is 10.0 Å². The molecule has 0 radical (unpaired) electrons. The first-order valence-electron chi connectivity index (χ1n) is 6.38. The Morgan fingerprint density at radius 1 is 1.53 bits per heavy atom. The number of hydrogen-bond acceptors (Lipinski definition) is 4. The normalized spacial score (nSPS) is 21.2. The van der Waals surface area contributed by atoms with Crippen molar-refractivity contribution in [2.45, 2.75) is 37.1 Å². The first kappa shape index (κ1) is 14.1. The van der Waals surface area contributed by atoms with E-state index in [0.29, 0.717) is 13.0 Å². The highest BCUT2D eigenvalue weighted by Gasteiger charge is 2.38. The van der Waals surface area contributed by atoms with Gasteiger partial charge in [0.25, 0.3) is 0 Å². The van der Waals surface area contributed by atoms with Crippen LogP contribution in [0.2, 0.25) is 0 Å². The number of carbonyl (C=O) groups excluding carboxylic acids is 1. The fourth-order valence-electron chi connectivity index (χ4n) is 2.27. The summed E-state index contributed by atoms with van der Waals surface area (Å²) in [6, 6.07) is 0.792. The quantitative estimate of drug-likeness (QED) is 0.841. The van der Waals surface area contributed by atoms with Gasteiger partial charge in [0.1, 0.15) is 6.04 Å². The Bertz CT molecular complexity index is 524.